The number of nitrogens with zero attached hydrogens (tertiary/aromatic N) is 2. The maximum absolute atomic E-state index is 13.0. The minimum atomic E-state index is -0.138. The Hall–Kier alpha value is -3.93. The molecule has 0 saturated carbocycles. The molecule has 6 nitrogen and oxygen atoms in total. The topological polar surface area (TPSA) is 73.2 Å². The third kappa shape index (κ3) is 4.05. The average Bonchev–Trinajstić information content (AvgIpc) is 2.76. The lowest BCUT2D eigenvalue weighted by Crippen LogP contribution is -2.22. The molecule has 0 spiro atoms. The van der Waals surface area contributed by atoms with E-state index in [9.17, 15) is 9.59 Å². The first-order chi connectivity index (χ1) is 15.0. The number of rotatable bonds is 5. The predicted molar refractivity (Wildman–Crippen MR) is 122 cm³/mol. The van der Waals surface area contributed by atoms with Gasteiger partial charge in [0.1, 0.15) is 11.6 Å². The molecule has 0 aliphatic carbocycles. The third-order valence-electron chi connectivity index (χ3n) is 5.23. The van der Waals surface area contributed by atoms with Crippen LogP contribution in [0.5, 0.6) is 5.75 Å². The summed E-state index contributed by atoms with van der Waals surface area (Å²) in [5.41, 5.74) is 3.64. The minimum Gasteiger partial charge on any atom is -0.496 e. The van der Waals surface area contributed by atoms with E-state index in [4.69, 9.17) is 4.74 Å². The lowest BCUT2D eigenvalue weighted by Gasteiger charge is -2.14. The minimum absolute atomic E-state index is 0.115. The lowest BCUT2D eigenvalue weighted by atomic mass is 10.1. The van der Waals surface area contributed by atoms with Crippen LogP contribution in [0.4, 0.5) is 5.69 Å². The molecule has 1 N–H and O–H groups in total. The number of aryl methyl sites for hydroxylation is 2. The Labute approximate surface area is 180 Å². The van der Waals surface area contributed by atoms with Crippen LogP contribution in [0.25, 0.3) is 16.6 Å². The summed E-state index contributed by atoms with van der Waals surface area (Å²) in [6.07, 6.45) is 0.207. The van der Waals surface area contributed by atoms with Crippen LogP contribution < -0.4 is 15.6 Å². The van der Waals surface area contributed by atoms with Gasteiger partial charge in [-0.05, 0) is 55.8 Å². The smallest absolute Gasteiger partial charge is 0.265 e. The molecule has 4 aromatic rings. The van der Waals surface area contributed by atoms with Gasteiger partial charge in [0, 0.05) is 11.3 Å². The Balaban J connectivity index is 1.61. The lowest BCUT2D eigenvalue weighted by molar-refractivity contribution is -0.115. The number of ether oxygens (including phenoxy) is 1. The Morgan fingerprint density at radius 3 is 2.55 bits per heavy atom. The van der Waals surface area contributed by atoms with Crippen molar-refractivity contribution in [3.8, 4) is 11.4 Å². The van der Waals surface area contributed by atoms with Gasteiger partial charge in [0.05, 0.1) is 30.1 Å². The van der Waals surface area contributed by atoms with Crippen LogP contribution in [0.15, 0.2) is 71.5 Å². The number of amides is 1. The quantitative estimate of drug-likeness (QED) is 0.532. The number of carbonyl (C=O) groups is 1. The van der Waals surface area contributed by atoms with Crippen LogP contribution in [0.3, 0.4) is 0 Å². The number of hydrogen-bond acceptors (Lipinski definition) is 4. The summed E-state index contributed by atoms with van der Waals surface area (Å²) in [5.74, 6) is 1.15. The number of nitrogens with one attached hydrogen (secondary N) is 1. The summed E-state index contributed by atoms with van der Waals surface area (Å²) < 4.78 is 6.91. The molecule has 31 heavy (non-hydrogen) atoms. The van der Waals surface area contributed by atoms with Crippen LogP contribution in [0, 0.1) is 13.8 Å². The number of aromatic nitrogens is 2. The molecule has 0 saturated heterocycles. The summed E-state index contributed by atoms with van der Waals surface area (Å²) in [7, 11) is 1.59. The normalized spacial score (nSPS) is 10.8. The molecular formula is C25H23N3O3. The van der Waals surface area contributed by atoms with Crippen molar-refractivity contribution >= 4 is 22.5 Å². The molecule has 1 aromatic heterocycles. The predicted octanol–water partition coefficient (Wildman–Crippen LogP) is 4.19. The van der Waals surface area contributed by atoms with Gasteiger partial charge in [0.15, 0.2) is 0 Å². The van der Waals surface area contributed by atoms with Crippen molar-refractivity contribution < 1.29 is 9.53 Å². The summed E-state index contributed by atoms with van der Waals surface area (Å²) in [6.45, 7) is 3.71. The number of para-hydroxylation sites is 2. The monoisotopic (exact) mass is 413 g/mol. The number of methoxy groups -OCH3 is 1. The number of benzene rings is 3. The van der Waals surface area contributed by atoms with Crippen LogP contribution in [-0.4, -0.2) is 22.6 Å². The van der Waals surface area contributed by atoms with Gasteiger partial charge in [-0.25, -0.2) is 4.98 Å². The van der Waals surface area contributed by atoms with Crippen molar-refractivity contribution in [2.45, 2.75) is 20.3 Å². The van der Waals surface area contributed by atoms with Gasteiger partial charge in [-0.15, -0.1) is 0 Å². The highest BCUT2D eigenvalue weighted by Gasteiger charge is 2.13. The van der Waals surface area contributed by atoms with Crippen LogP contribution in [-0.2, 0) is 11.2 Å². The van der Waals surface area contributed by atoms with Crippen LogP contribution >= 0.6 is 0 Å². The van der Waals surface area contributed by atoms with Crippen molar-refractivity contribution in [1.82, 2.24) is 9.55 Å². The molecule has 0 bridgehead atoms. The van der Waals surface area contributed by atoms with Gasteiger partial charge < -0.3 is 10.1 Å². The number of hydrogen-bond donors (Lipinski definition) is 1. The van der Waals surface area contributed by atoms with E-state index in [0.29, 0.717) is 33.9 Å². The summed E-state index contributed by atoms with van der Waals surface area (Å²) in [5, 5.41) is 3.52. The fourth-order valence-corrected chi connectivity index (χ4v) is 3.69. The second-order valence-corrected chi connectivity index (χ2v) is 7.35. The molecule has 6 heteroatoms. The highest BCUT2D eigenvalue weighted by Crippen LogP contribution is 2.22. The molecule has 1 heterocycles. The second-order valence-electron chi connectivity index (χ2n) is 7.35. The number of anilines is 1. The number of carbonyl (C=O) groups excluding carboxylic acids is 1. The first-order valence-electron chi connectivity index (χ1n) is 9.99. The summed E-state index contributed by atoms with van der Waals surface area (Å²) >= 11 is 0. The zero-order chi connectivity index (χ0) is 22.0. The molecule has 0 atom stereocenters. The fourth-order valence-electron chi connectivity index (χ4n) is 3.69. The first kappa shape index (κ1) is 20.3. The molecule has 3 aromatic carbocycles. The molecule has 0 unspecified atom stereocenters. The number of fused-ring (bicyclic) bond motifs is 1. The van der Waals surface area contributed by atoms with Gasteiger partial charge in [-0.3, -0.25) is 14.2 Å². The van der Waals surface area contributed by atoms with E-state index in [2.05, 4.69) is 10.3 Å². The van der Waals surface area contributed by atoms with E-state index in [1.165, 1.54) is 0 Å². The maximum Gasteiger partial charge on any atom is 0.265 e. The molecule has 1 amide bonds. The van der Waals surface area contributed by atoms with E-state index in [0.717, 1.165) is 11.1 Å². The zero-order valence-electron chi connectivity index (χ0n) is 17.7. The van der Waals surface area contributed by atoms with Crippen LogP contribution in [0.1, 0.15) is 17.0 Å². The Morgan fingerprint density at radius 2 is 1.77 bits per heavy atom. The Morgan fingerprint density at radius 1 is 1.03 bits per heavy atom. The van der Waals surface area contributed by atoms with E-state index < -0.39 is 0 Å². The van der Waals surface area contributed by atoms with Crippen molar-refractivity contribution in [2.75, 3.05) is 12.4 Å². The molecule has 0 radical (unpaired) electrons. The molecule has 0 fully saturated rings. The van der Waals surface area contributed by atoms with Gasteiger partial charge in [0.2, 0.25) is 5.91 Å². The van der Waals surface area contributed by atoms with Crippen molar-refractivity contribution in [2.24, 2.45) is 0 Å². The fraction of sp³-hybridized carbons (Fsp3) is 0.160. The second kappa shape index (κ2) is 8.44. The molecule has 0 aliphatic rings. The summed E-state index contributed by atoms with van der Waals surface area (Å²) in [4.78, 5) is 30.2. The summed E-state index contributed by atoms with van der Waals surface area (Å²) in [6, 6.07) is 20.3. The molecule has 4 rings (SSSR count). The third-order valence-corrected chi connectivity index (χ3v) is 5.23. The van der Waals surface area contributed by atoms with Crippen LogP contribution in [0.2, 0.25) is 0 Å². The Kier molecular flexibility index (Phi) is 5.54. The van der Waals surface area contributed by atoms with E-state index in [-0.39, 0.29) is 17.9 Å². The van der Waals surface area contributed by atoms with E-state index >= 15 is 0 Å². The SMILES string of the molecule is COc1ccccc1CC(=O)Nc1ccc(-n2c(C)nc3ccccc3c2=O)cc1C. The highest BCUT2D eigenvalue weighted by atomic mass is 16.5. The van der Waals surface area contributed by atoms with Crippen molar-refractivity contribution in [3.63, 3.8) is 0 Å². The van der Waals surface area contributed by atoms with Gasteiger partial charge in [0.25, 0.3) is 5.56 Å². The average molecular weight is 413 g/mol. The van der Waals surface area contributed by atoms with E-state index in [1.54, 1.807) is 17.7 Å². The van der Waals surface area contributed by atoms with Crippen molar-refractivity contribution in [3.05, 3.63) is 94.0 Å². The molecule has 0 aliphatic heterocycles. The molecule has 156 valence electrons. The van der Waals surface area contributed by atoms with Gasteiger partial charge in [-0.1, -0.05) is 30.3 Å². The maximum atomic E-state index is 13.0. The van der Waals surface area contributed by atoms with E-state index in [1.807, 2.05) is 74.5 Å². The van der Waals surface area contributed by atoms with Gasteiger partial charge >= 0.3 is 0 Å². The standard InChI is InChI=1S/C25H23N3O3/c1-16-14-19(28-17(2)26-22-10-6-5-9-20(22)25(28)30)12-13-21(16)27-24(29)15-18-8-4-7-11-23(18)31-3/h4-14H,15H2,1-3H3,(H,27,29). The largest absolute Gasteiger partial charge is 0.496 e. The van der Waals surface area contributed by atoms with Crippen molar-refractivity contribution in [1.29, 1.82) is 0 Å². The molecular weight excluding hydrogens is 390 g/mol. The first-order valence-corrected chi connectivity index (χ1v) is 9.99. The van der Waals surface area contributed by atoms with Gasteiger partial charge in [-0.2, -0.15) is 0 Å². The Bertz CT molecular complexity index is 1340. The highest BCUT2D eigenvalue weighted by molar-refractivity contribution is 5.93. The zero-order valence-corrected chi connectivity index (χ0v) is 17.7.